The Balaban J connectivity index is 0.894. The van der Waals surface area contributed by atoms with Gasteiger partial charge in [-0.05, 0) is 137 Å². The van der Waals surface area contributed by atoms with Crippen molar-refractivity contribution < 1.29 is 0 Å². The third-order valence-corrected chi connectivity index (χ3v) is 14.3. The van der Waals surface area contributed by atoms with E-state index in [0.29, 0.717) is 0 Å². The van der Waals surface area contributed by atoms with Crippen molar-refractivity contribution in [3.63, 3.8) is 0 Å². The standard InChI is InChI=1S/C61H38N4/c1-61(2)53-25-21-38(37-10-7-11-39(30-37)56-27-24-47-42-14-4-3-13-41(42)46-17-9-29-63-59(46)60(47)65-56)31-51(53)52-33-49-44-16-6-5-15-43(44)48-32-40(20-23-45(48)50(49)34-54(52)61)55-26-22-36-19-18-35-12-8-28-62-57(35)58(36)64-55/h3-34H,1-2H3. The topological polar surface area (TPSA) is 51.6 Å². The maximum atomic E-state index is 5.31. The molecule has 9 aromatic carbocycles. The fourth-order valence-electron chi connectivity index (χ4n) is 11.1. The van der Waals surface area contributed by atoms with Gasteiger partial charge in [-0.1, -0.05) is 135 Å². The molecular formula is C61H38N4. The molecule has 0 radical (unpaired) electrons. The van der Waals surface area contributed by atoms with Crippen LogP contribution in [0.15, 0.2) is 194 Å². The van der Waals surface area contributed by atoms with E-state index in [1.54, 1.807) is 0 Å². The lowest BCUT2D eigenvalue weighted by Crippen LogP contribution is -2.14. The highest BCUT2D eigenvalue weighted by molar-refractivity contribution is 6.27. The molecule has 1 aliphatic carbocycles. The predicted molar refractivity (Wildman–Crippen MR) is 272 cm³/mol. The maximum Gasteiger partial charge on any atom is 0.0978 e. The molecule has 0 fully saturated rings. The van der Waals surface area contributed by atoms with Crippen LogP contribution in [0.3, 0.4) is 0 Å². The van der Waals surface area contributed by atoms with Gasteiger partial charge in [0.05, 0.1) is 33.5 Å². The highest BCUT2D eigenvalue weighted by atomic mass is 14.8. The van der Waals surface area contributed by atoms with E-state index in [4.69, 9.17) is 19.9 Å². The number of rotatable bonds is 3. The first-order valence-corrected chi connectivity index (χ1v) is 22.4. The molecular weight excluding hydrogens is 789 g/mol. The highest BCUT2D eigenvalue weighted by Gasteiger charge is 2.36. The summed E-state index contributed by atoms with van der Waals surface area (Å²) in [5.74, 6) is 0. The second-order valence-corrected chi connectivity index (χ2v) is 18.2. The van der Waals surface area contributed by atoms with Crippen molar-refractivity contribution in [3.05, 3.63) is 206 Å². The smallest absolute Gasteiger partial charge is 0.0978 e. The molecule has 0 atom stereocenters. The van der Waals surface area contributed by atoms with E-state index in [-0.39, 0.29) is 5.41 Å². The first-order chi connectivity index (χ1) is 32.0. The monoisotopic (exact) mass is 826 g/mol. The Bertz CT molecular complexity index is 4190. The normalized spacial score (nSPS) is 13.2. The molecule has 0 amide bonds. The van der Waals surface area contributed by atoms with E-state index >= 15 is 0 Å². The summed E-state index contributed by atoms with van der Waals surface area (Å²) in [5, 5.41) is 14.4. The molecule has 1 aliphatic rings. The van der Waals surface area contributed by atoms with Crippen molar-refractivity contribution >= 4 is 86.7 Å². The summed E-state index contributed by atoms with van der Waals surface area (Å²) in [6, 6.07) is 66.4. The lowest BCUT2D eigenvalue weighted by Gasteiger charge is -2.22. The van der Waals surface area contributed by atoms with Gasteiger partial charge in [0.2, 0.25) is 0 Å². The molecule has 4 heteroatoms. The predicted octanol–water partition coefficient (Wildman–Crippen LogP) is 15.8. The summed E-state index contributed by atoms with van der Waals surface area (Å²) in [4.78, 5) is 20.1. The summed E-state index contributed by atoms with van der Waals surface area (Å²) in [5.41, 5.74) is 15.3. The second-order valence-electron chi connectivity index (χ2n) is 18.2. The van der Waals surface area contributed by atoms with E-state index < -0.39 is 0 Å². The number of hydrogen-bond donors (Lipinski definition) is 0. The Morgan fingerprint density at radius 2 is 0.831 bits per heavy atom. The number of nitrogens with zero attached hydrogens (tertiary/aromatic N) is 4. The van der Waals surface area contributed by atoms with Gasteiger partial charge in [0.1, 0.15) is 0 Å². The van der Waals surface area contributed by atoms with Crippen LogP contribution in [0.4, 0.5) is 0 Å². The minimum absolute atomic E-state index is 0.182. The average Bonchev–Trinajstić information content (AvgIpc) is 3.59. The van der Waals surface area contributed by atoms with E-state index in [9.17, 15) is 0 Å². The maximum absolute atomic E-state index is 5.31. The third kappa shape index (κ3) is 5.25. The minimum Gasteiger partial charge on any atom is -0.254 e. The van der Waals surface area contributed by atoms with Crippen molar-refractivity contribution in [1.82, 2.24) is 19.9 Å². The van der Waals surface area contributed by atoms with Crippen LogP contribution in [-0.2, 0) is 5.41 Å². The molecule has 4 nitrogen and oxygen atoms in total. The second kappa shape index (κ2) is 13.3. The van der Waals surface area contributed by atoms with Crippen LogP contribution < -0.4 is 0 Å². The summed E-state index contributed by atoms with van der Waals surface area (Å²) in [7, 11) is 0. The number of benzene rings is 9. The molecule has 0 bridgehead atoms. The van der Waals surface area contributed by atoms with Crippen molar-refractivity contribution in [2.45, 2.75) is 19.3 Å². The Morgan fingerprint density at radius 3 is 1.63 bits per heavy atom. The van der Waals surface area contributed by atoms with Crippen molar-refractivity contribution in [1.29, 1.82) is 0 Å². The summed E-state index contributed by atoms with van der Waals surface area (Å²) in [6.07, 6.45) is 3.72. The number of aromatic nitrogens is 4. The molecule has 14 rings (SSSR count). The molecule has 4 aromatic heterocycles. The van der Waals surface area contributed by atoms with Crippen molar-refractivity contribution in [3.8, 4) is 44.8 Å². The van der Waals surface area contributed by atoms with Gasteiger partial charge in [-0.3, -0.25) is 9.97 Å². The van der Waals surface area contributed by atoms with Crippen LogP contribution in [-0.4, -0.2) is 19.9 Å². The van der Waals surface area contributed by atoms with Gasteiger partial charge >= 0.3 is 0 Å². The summed E-state index contributed by atoms with van der Waals surface area (Å²) < 4.78 is 0. The first kappa shape index (κ1) is 36.2. The van der Waals surface area contributed by atoms with Gasteiger partial charge < -0.3 is 0 Å². The molecule has 302 valence electrons. The van der Waals surface area contributed by atoms with Crippen molar-refractivity contribution in [2.24, 2.45) is 0 Å². The molecule has 0 saturated heterocycles. The Morgan fingerprint density at radius 1 is 0.308 bits per heavy atom. The quantitative estimate of drug-likeness (QED) is 0.167. The molecule has 0 unspecified atom stereocenters. The van der Waals surface area contributed by atoms with Crippen LogP contribution in [0.25, 0.3) is 131 Å². The lowest BCUT2D eigenvalue weighted by molar-refractivity contribution is 0.661. The molecule has 13 aromatic rings. The van der Waals surface area contributed by atoms with E-state index in [2.05, 4.69) is 184 Å². The van der Waals surface area contributed by atoms with Crippen LogP contribution in [0.1, 0.15) is 25.0 Å². The SMILES string of the molecule is CC1(C)c2ccc(-c3cccc(-c4ccc5c6ccccc6c6cccnc6c5n4)c3)cc2-c2cc3c4ccccc4c4cc(-c5ccc6ccc7cccnc7c6n5)ccc4c3cc21. The van der Waals surface area contributed by atoms with Crippen LogP contribution in [0, 0.1) is 0 Å². The van der Waals surface area contributed by atoms with Gasteiger partial charge in [0.25, 0.3) is 0 Å². The molecule has 0 N–H and O–H groups in total. The zero-order chi connectivity index (χ0) is 43.0. The van der Waals surface area contributed by atoms with E-state index in [1.165, 1.54) is 76.5 Å². The van der Waals surface area contributed by atoms with Gasteiger partial charge in [-0.2, -0.15) is 0 Å². The minimum atomic E-state index is -0.182. The number of fused-ring (bicyclic) bond motifs is 18. The van der Waals surface area contributed by atoms with Crippen molar-refractivity contribution in [2.75, 3.05) is 0 Å². The molecule has 65 heavy (non-hydrogen) atoms. The highest BCUT2D eigenvalue weighted by Crippen LogP contribution is 2.52. The third-order valence-electron chi connectivity index (χ3n) is 14.3. The Hall–Kier alpha value is -8.34. The molecule has 0 saturated carbocycles. The largest absolute Gasteiger partial charge is 0.254 e. The van der Waals surface area contributed by atoms with Crippen LogP contribution in [0.5, 0.6) is 0 Å². The lowest BCUT2D eigenvalue weighted by atomic mass is 9.81. The number of pyridine rings is 4. The van der Waals surface area contributed by atoms with Gasteiger partial charge in [0, 0.05) is 50.5 Å². The van der Waals surface area contributed by atoms with E-state index in [1.807, 2.05) is 24.5 Å². The zero-order valence-electron chi connectivity index (χ0n) is 35.8. The molecule has 0 aliphatic heterocycles. The fraction of sp³-hybridized carbons (Fsp3) is 0.0492. The summed E-state index contributed by atoms with van der Waals surface area (Å²) in [6.45, 7) is 4.75. The molecule has 0 spiro atoms. The van der Waals surface area contributed by atoms with Gasteiger partial charge in [0.15, 0.2) is 0 Å². The summed E-state index contributed by atoms with van der Waals surface area (Å²) >= 11 is 0. The fourth-order valence-corrected chi connectivity index (χ4v) is 11.1. The average molecular weight is 827 g/mol. The zero-order valence-corrected chi connectivity index (χ0v) is 35.8. The Kier molecular flexibility index (Phi) is 7.42. The first-order valence-electron chi connectivity index (χ1n) is 22.4. The Labute approximate surface area is 374 Å². The van der Waals surface area contributed by atoms with Gasteiger partial charge in [-0.25, -0.2) is 9.97 Å². The molecule has 4 heterocycles. The van der Waals surface area contributed by atoms with Gasteiger partial charge in [-0.15, -0.1) is 0 Å². The van der Waals surface area contributed by atoms with E-state index in [0.717, 1.165) is 66.1 Å². The van der Waals surface area contributed by atoms with Crippen LogP contribution in [0.2, 0.25) is 0 Å². The van der Waals surface area contributed by atoms with Crippen LogP contribution >= 0.6 is 0 Å². The number of hydrogen-bond acceptors (Lipinski definition) is 4.